The van der Waals surface area contributed by atoms with Gasteiger partial charge in [0.25, 0.3) is 0 Å². The number of guanidine groups is 1. The van der Waals surface area contributed by atoms with Crippen LogP contribution in [0.5, 0.6) is 5.88 Å². The quantitative estimate of drug-likeness (QED) is 0.611. The van der Waals surface area contributed by atoms with Gasteiger partial charge in [0, 0.05) is 37.1 Å². The smallest absolute Gasteiger partial charge is 0.218 e. The molecule has 6 heteroatoms. The Hall–Kier alpha value is -1.43. The second-order valence-electron chi connectivity index (χ2n) is 6.43. The molecule has 2 N–H and O–H groups in total. The fourth-order valence-corrected chi connectivity index (χ4v) is 4.45. The lowest BCUT2D eigenvalue weighted by Crippen LogP contribution is -2.39. The van der Waals surface area contributed by atoms with Crippen molar-refractivity contribution in [1.29, 1.82) is 0 Å². The van der Waals surface area contributed by atoms with E-state index in [0.29, 0.717) is 17.9 Å². The molecule has 1 unspecified atom stereocenters. The fraction of sp³-hybridized carbons (Fsp3) is 0.667. The Balaban J connectivity index is 1.50. The van der Waals surface area contributed by atoms with Crippen LogP contribution in [0.15, 0.2) is 23.3 Å². The third-order valence-corrected chi connectivity index (χ3v) is 6.02. The Bertz CT molecular complexity index is 540. The van der Waals surface area contributed by atoms with Gasteiger partial charge in [-0.25, -0.2) is 4.98 Å². The summed E-state index contributed by atoms with van der Waals surface area (Å²) in [6.45, 7) is 1.65. The number of thioether (sulfide) groups is 1. The van der Waals surface area contributed by atoms with Crippen molar-refractivity contribution in [3.63, 3.8) is 0 Å². The molecule has 1 aliphatic heterocycles. The van der Waals surface area contributed by atoms with Gasteiger partial charge in [-0.05, 0) is 50.3 Å². The maximum Gasteiger partial charge on any atom is 0.218 e. The van der Waals surface area contributed by atoms with E-state index in [1.165, 1.54) is 31.4 Å². The van der Waals surface area contributed by atoms with Gasteiger partial charge in [-0.3, -0.25) is 4.99 Å². The number of ether oxygens (including phenoxy) is 1. The number of nitrogens with zero attached hydrogens (tertiary/aromatic N) is 2. The minimum Gasteiger partial charge on any atom is -0.474 e. The van der Waals surface area contributed by atoms with E-state index < -0.39 is 0 Å². The number of pyridine rings is 1. The first-order valence-corrected chi connectivity index (χ1v) is 10.1. The standard InChI is InChI=1S/C18H28N4OS/c1-19-18(22-13-16-9-5-11-24-16)21-12-14-6-4-10-20-17(14)23-15-7-2-3-8-15/h4,6,10,15-16H,2-3,5,7-9,11-13H2,1H3,(H2,19,21,22). The second-order valence-corrected chi connectivity index (χ2v) is 7.84. The van der Waals surface area contributed by atoms with Crippen molar-refractivity contribution in [2.45, 2.75) is 56.4 Å². The molecule has 1 aromatic heterocycles. The number of nitrogens with one attached hydrogen (secondary N) is 2. The van der Waals surface area contributed by atoms with E-state index in [9.17, 15) is 0 Å². The van der Waals surface area contributed by atoms with Crippen LogP contribution < -0.4 is 15.4 Å². The van der Waals surface area contributed by atoms with Crippen LogP contribution >= 0.6 is 11.8 Å². The molecule has 5 nitrogen and oxygen atoms in total. The van der Waals surface area contributed by atoms with Crippen LogP contribution in [0.4, 0.5) is 0 Å². The summed E-state index contributed by atoms with van der Waals surface area (Å²) in [5.41, 5.74) is 1.09. The molecule has 24 heavy (non-hydrogen) atoms. The highest BCUT2D eigenvalue weighted by molar-refractivity contribution is 8.00. The van der Waals surface area contributed by atoms with Gasteiger partial charge in [-0.2, -0.15) is 11.8 Å². The maximum absolute atomic E-state index is 6.10. The minimum atomic E-state index is 0.329. The molecule has 2 aliphatic rings. The van der Waals surface area contributed by atoms with Crippen LogP contribution in [0.1, 0.15) is 44.1 Å². The first-order chi connectivity index (χ1) is 11.8. The normalized spacial score (nSPS) is 21.9. The second kappa shape index (κ2) is 9.16. The van der Waals surface area contributed by atoms with Gasteiger partial charge in [0.05, 0.1) is 0 Å². The molecule has 1 aromatic rings. The number of hydrogen-bond acceptors (Lipinski definition) is 4. The first-order valence-electron chi connectivity index (χ1n) is 9.02. The molecule has 1 aliphatic carbocycles. The van der Waals surface area contributed by atoms with Gasteiger partial charge in [0.1, 0.15) is 6.10 Å². The third-order valence-electron chi connectivity index (χ3n) is 4.62. The molecule has 0 spiro atoms. The fourth-order valence-electron chi connectivity index (χ4n) is 3.24. The number of rotatable bonds is 6. The van der Waals surface area contributed by atoms with Crippen LogP contribution in [-0.4, -0.2) is 41.6 Å². The van der Waals surface area contributed by atoms with E-state index in [-0.39, 0.29) is 0 Å². The van der Waals surface area contributed by atoms with Crippen molar-refractivity contribution in [2.24, 2.45) is 4.99 Å². The molecule has 2 heterocycles. The van der Waals surface area contributed by atoms with Gasteiger partial charge >= 0.3 is 0 Å². The molecule has 0 radical (unpaired) electrons. The van der Waals surface area contributed by atoms with E-state index in [1.807, 2.05) is 13.1 Å². The Kier molecular flexibility index (Phi) is 6.64. The van der Waals surface area contributed by atoms with Crippen molar-refractivity contribution < 1.29 is 4.74 Å². The summed E-state index contributed by atoms with van der Waals surface area (Å²) in [6, 6.07) is 4.04. The van der Waals surface area contributed by atoms with Crippen molar-refractivity contribution in [2.75, 3.05) is 19.3 Å². The highest BCUT2D eigenvalue weighted by atomic mass is 32.2. The Morgan fingerprint density at radius 1 is 1.29 bits per heavy atom. The highest BCUT2D eigenvalue weighted by Crippen LogP contribution is 2.26. The van der Waals surface area contributed by atoms with Crippen molar-refractivity contribution in [3.8, 4) is 5.88 Å². The largest absolute Gasteiger partial charge is 0.474 e. The Morgan fingerprint density at radius 2 is 2.17 bits per heavy atom. The van der Waals surface area contributed by atoms with E-state index >= 15 is 0 Å². The number of hydrogen-bond donors (Lipinski definition) is 2. The lowest BCUT2D eigenvalue weighted by Gasteiger charge is -2.17. The summed E-state index contributed by atoms with van der Waals surface area (Å²) < 4.78 is 6.10. The topological polar surface area (TPSA) is 58.5 Å². The molecular weight excluding hydrogens is 320 g/mol. The molecule has 1 saturated carbocycles. The molecule has 3 rings (SSSR count). The minimum absolute atomic E-state index is 0.329. The van der Waals surface area contributed by atoms with Crippen molar-refractivity contribution in [3.05, 3.63) is 23.9 Å². The van der Waals surface area contributed by atoms with Crippen LogP contribution in [0.2, 0.25) is 0 Å². The predicted octanol–water partition coefficient (Wildman–Crippen LogP) is 2.96. The summed E-state index contributed by atoms with van der Waals surface area (Å²) in [5, 5.41) is 7.53. The van der Waals surface area contributed by atoms with E-state index in [1.54, 1.807) is 6.20 Å². The predicted molar refractivity (Wildman–Crippen MR) is 101 cm³/mol. The van der Waals surface area contributed by atoms with E-state index in [0.717, 1.165) is 36.8 Å². The lowest BCUT2D eigenvalue weighted by atomic mass is 10.2. The molecule has 1 saturated heterocycles. The zero-order valence-electron chi connectivity index (χ0n) is 14.5. The molecule has 1 atom stereocenters. The highest BCUT2D eigenvalue weighted by Gasteiger charge is 2.19. The van der Waals surface area contributed by atoms with Gasteiger partial charge < -0.3 is 15.4 Å². The number of aromatic nitrogens is 1. The monoisotopic (exact) mass is 348 g/mol. The average molecular weight is 349 g/mol. The van der Waals surface area contributed by atoms with E-state index in [4.69, 9.17) is 4.74 Å². The summed E-state index contributed by atoms with van der Waals surface area (Å²) in [7, 11) is 1.82. The number of aliphatic imine (C=N–C) groups is 1. The Labute approximate surface area is 149 Å². The average Bonchev–Trinajstić information content (AvgIpc) is 3.30. The SMILES string of the molecule is CN=C(NCc1cccnc1OC1CCCC1)NCC1CCCS1. The molecular formula is C18H28N4OS. The summed E-state index contributed by atoms with van der Waals surface area (Å²) in [5.74, 6) is 2.90. The summed E-state index contributed by atoms with van der Waals surface area (Å²) in [6.07, 6.45) is 9.59. The van der Waals surface area contributed by atoms with Gasteiger partial charge in [0.15, 0.2) is 5.96 Å². The van der Waals surface area contributed by atoms with Crippen LogP contribution in [0.3, 0.4) is 0 Å². The molecule has 132 valence electrons. The maximum atomic E-state index is 6.10. The summed E-state index contributed by atoms with van der Waals surface area (Å²) >= 11 is 2.05. The first kappa shape index (κ1) is 17.4. The van der Waals surface area contributed by atoms with Crippen LogP contribution in [0, 0.1) is 0 Å². The van der Waals surface area contributed by atoms with Gasteiger partial charge in [-0.1, -0.05) is 6.07 Å². The zero-order valence-corrected chi connectivity index (χ0v) is 15.3. The zero-order chi connectivity index (χ0) is 16.6. The Morgan fingerprint density at radius 3 is 2.92 bits per heavy atom. The van der Waals surface area contributed by atoms with Crippen molar-refractivity contribution >= 4 is 17.7 Å². The molecule has 0 bridgehead atoms. The third kappa shape index (κ3) is 5.03. The molecule has 0 amide bonds. The van der Waals surface area contributed by atoms with Crippen molar-refractivity contribution in [1.82, 2.24) is 15.6 Å². The van der Waals surface area contributed by atoms with Crippen LogP contribution in [-0.2, 0) is 6.54 Å². The summed E-state index contributed by atoms with van der Waals surface area (Å²) in [4.78, 5) is 8.75. The van der Waals surface area contributed by atoms with E-state index in [2.05, 4.69) is 38.4 Å². The van der Waals surface area contributed by atoms with Gasteiger partial charge in [0.2, 0.25) is 5.88 Å². The van der Waals surface area contributed by atoms with Crippen LogP contribution in [0.25, 0.3) is 0 Å². The molecule has 2 fully saturated rings. The molecule has 0 aromatic carbocycles. The lowest BCUT2D eigenvalue weighted by molar-refractivity contribution is 0.199. The van der Waals surface area contributed by atoms with Gasteiger partial charge in [-0.15, -0.1) is 0 Å².